The summed E-state index contributed by atoms with van der Waals surface area (Å²) >= 11 is 2.04. The van der Waals surface area contributed by atoms with E-state index in [1.165, 1.54) is 0 Å². The van der Waals surface area contributed by atoms with Crippen molar-refractivity contribution >= 4 is 24.9 Å². The molecule has 0 atom stereocenters. The Balaban J connectivity index is -0.000000559. The average Bonchev–Trinajstić information content (AvgIpc) is 2.59. The molecule has 0 aliphatic heterocycles. The van der Waals surface area contributed by atoms with Gasteiger partial charge < -0.3 is 9.59 Å². The maximum atomic E-state index is 11.2. The molecule has 0 fully saturated rings. The molecule has 0 bridgehead atoms. The normalized spacial score (nSPS) is 15.6. The topological polar surface area (TPSA) is 52.8 Å². The van der Waals surface area contributed by atoms with Crippen molar-refractivity contribution in [1.82, 2.24) is 0 Å². The van der Waals surface area contributed by atoms with Crippen LogP contribution in [-0.4, -0.2) is 34.5 Å². The Hall–Kier alpha value is 1.08. The first-order valence-electron chi connectivity index (χ1n) is 16.6. The molecule has 0 amide bonds. The van der Waals surface area contributed by atoms with Gasteiger partial charge in [0, 0.05) is 0 Å². The standard InChI is InChI=1S/C12H27NSi.2C12H28OSi.Ti/c3*1-10(2,3)14(13,11(4,5)6)12(7,8)9;/h1-9H3;2*13H,1-9H3;. The predicted molar refractivity (Wildman–Crippen MR) is 202 cm³/mol. The molecule has 43 heavy (non-hydrogen) atoms. The van der Waals surface area contributed by atoms with Crippen molar-refractivity contribution in [1.29, 1.82) is 0 Å². The molecular formula is C36H83NO2Si3Ti. The van der Waals surface area contributed by atoms with E-state index in [2.05, 4.69) is 187 Å². The van der Waals surface area contributed by atoms with Gasteiger partial charge in [-0.25, -0.2) is 0 Å². The van der Waals surface area contributed by atoms with E-state index in [4.69, 9.17) is 3.08 Å². The molecule has 260 valence electrons. The van der Waals surface area contributed by atoms with Crippen molar-refractivity contribution in [2.45, 2.75) is 232 Å². The molecule has 0 heterocycles. The summed E-state index contributed by atoms with van der Waals surface area (Å²) in [6.07, 6.45) is 0. The van der Waals surface area contributed by atoms with Gasteiger partial charge in [0.05, 0.1) is 0 Å². The van der Waals surface area contributed by atoms with Gasteiger partial charge >= 0.3 is 109 Å². The molecule has 0 aromatic heterocycles. The molecule has 0 spiro atoms. The van der Waals surface area contributed by atoms with Crippen molar-refractivity contribution in [3.8, 4) is 0 Å². The summed E-state index contributed by atoms with van der Waals surface area (Å²) in [5, 5.41) is 1.02. The minimum atomic E-state index is -2.35. The first-order valence-corrected chi connectivity index (χ1v) is 23.2. The van der Waals surface area contributed by atoms with Gasteiger partial charge in [0.2, 0.25) is 16.6 Å². The van der Waals surface area contributed by atoms with E-state index in [1.807, 2.05) is 20.3 Å². The summed E-state index contributed by atoms with van der Waals surface area (Å²) in [5.74, 6) is 0. The third kappa shape index (κ3) is 10.0. The molecule has 0 aliphatic carbocycles. The van der Waals surface area contributed by atoms with Crippen molar-refractivity contribution in [2.24, 2.45) is 3.08 Å². The fourth-order valence-corrected chi connectivity index (χ4v) is 36.6. The first kappa shape index (κ1) is 48.5. The Morgan fingerprint density at radius 2 is 0.419 bits per heavy atom. The summed E-state index contributed by atoms with van der Waals surface area (Å²) in [6.45, 7) is 60.4. The van der Waals surface area contributed by atoms with Crippen LogP contribution in [0.3, 0.4) is 0 Å². The number of nitrogens with zero attached hydrogens (tertiary/aromatic N) is 1. The third-order valence-corrected chi connectivity index (χ3v) is 31.4. The van der Waals surface area contributed by atoms with E-state index in [9.17, 15) is 9.59 Å². The molecule has 7 heteroatoms. The second-order valence-corrected chi connectivity index (χ2v) is 41.5. The van der Waals surface area contributed by atoms with Gasteiger partial charge in [0.15, 0.2) is 0 Å². The Kier molecular flexibility index (Phi) is 15.7. The van der Waals surface area contributed by atoms with Gasteiger partial charge in [-0.2, -0.15) is 0 Å². The number of hydrogen-bond acceptors (Lipinski definition) is 3. The van der Waals surface area contributed by atoms with Gasteiger partial charge in [0.1, 0.15) is 0 Å². The summed E-state index contributed by atoms with van der Waals surface area (Å²) in [4.78, 5) is 22.3. The van der Waals surface area contributed by atoms with Crippen molar-refractivity contribution in [2.75, 3.05) is 0 Å². The van der Waals surface area contributed by atoms with E-state index in [-0.39, 0.29) is 30.2 Å². The van der Waals surface area contributed by atoms with E-state index < -0.39 is 24.9 Å². The zero-order valence-corrected chi connectivity index (χ0v) is 39.4. The number of hydrogen-bond donors (Lipinski definition) is 2. The molecule has 0 aromatic rings. The molecule has 0 aromatic carbocycles. The summed E-state index contributed by atoms with van der Waals surface area (Å²) in [5.41, 5.74) is 0. The van der Waals surface area contributed by atoms with Crippen LogP contribution in [0.4, 0.5) is 0 Å². The van der Waals surface area contributed by atoms with E-state index in [1.54, 1.807) is 0 Å². The van der Waals surface area contributed by atoms with E-state index in [0.29, 0.717) is 15.1 Å². The fraction of sp³-hybridized carbons (Fsp3) is 1.00. The summed E-state index contributed by atoms with van der Waals surface area (Å²) in [7, 11) is -6.46. The van der Waals surface area contributed by atoms with E-state index in [0.717, 1.165) is 0 Å². The van der Waals surface area contributed by atoms with Crippen LogP contribution in [0.5, 0.6) is 0 Å². The molecular weight excluding hydrogens is 611 g/mol. The Morgan fingerprint density at radius 3 is 0.419 bits per heavy atom. The molecule has 0 aliphatic rings. The second kappa shape index (κ2) is 13.9. The van der Waals surface area contributed by atoms with Gasteiger partial charge in [-0.3, -0.25) is 0 Å². The second-order valence-electron chi connectivity index (χ2n) is 22.5. The quantitative estimate of drug-likeness (QED) is 0.269. The zero-order valence-electron chi connectivity index (χ0n) is 34.8. The molecule has 2 N–H and O–H groups in total. The van der Waals surface area contributed by atoms with Crippen LogP contribution in [-0.2, 0) is 20.3 Å². The van der Waals surface area contributed by atoms with Crippen LogP contribution in [0.25, 0.3) is 0 Å². The summed E-state index contributed by atoms with van der Waals surface area (Å²) in [6, 6.07) is 0. The van der Waals surface area contributed by atoms with Crippen molar-refractivity contribution in [3.63, 3.8) is 0 Å². The Morgan fingerprint density at radius 1 is 0.302 bits per heavy atom. The van der Waals surface area contributed by atoms with Gasteiger partial charge in [-0.05, 0) is 30.2 Å². The van der Waals surface area contributed by atoms with Crippen LogP contribution in [0, 0.1) is 0 Å². The SMILES string of the molecule is CC(C)(C)[Si](O)(C(C)(C)C)C(C)(C)C.CC(C)(C)[Si](O)(C(C)(C)C)C(C)(C)C.CC(C)(C)[Si]([N]=[Ti])(C(C)(C)C)C(C)(C)C. The van der Waals surface area contributed by atoms with Crippen LogP contribution in [0.1, 0.15) is 187 Å². The zero-order chi connectivity index (χ0) is 36.7. The van der Waals surface area contributed by atoms with E-state index >= 15 is 0 Å². The van der Waals surface area contributed by atoms with Gasteiger partial charge in [0.25, 0.3) is 0 Å². The predicted octanol–water partition coefficient (Wildman–Crippen LogP) is 13.7. The molecule has 0 unspecified atom stereocenters. The maximum absolute atomic E-state index is 11.2. The van der Waals surface area contributed by atoms with Crippen molar-refractivity contribution < 1.29 is 29.8 Å². The van der Waals surface area contributed by atoms with Crippen LogP contribution >= 0.6 is 0 Å². The van der Waals surface area contributed by atoms with Crippen LogP contribution in [0.2, 0.25) is 45.3 Å². The molecule has 0 rings (SSSR count). The first-order chi connectivity index (χ1) is 17.8. The van der Waals surface area contributed by atoms with Crippen LogP contribution < -0.4 is 0 Å². The minimum absolute atomic E-state index is 0.0174. The van der Waals surface area contributed by atoms with Crippen LogP contribution in [0.15, 0.2) is 3.08 Å². The van der Waals surface area contributed by atoms with Gasteiger partial charge in [-0.1, -0.05) is 125 Å². The summed E-state index contributed by atoms with van der Waals surface area (Å²) < 4.78 is 4.97. The van der Waals surface area contributed by atoms with Gasteiger partial charge in [-0.15, -0.1) is 0 Å². The third-order valence-electron chi connectivity index (χ3n) is 9.94. The molecule has 0 saturated heterocycles. The van der Waals surface area contributed by atoms with Crippen molar-refractivity contribution in [3.05, 3.63) is 0 Å². The number of rotatable bonds is 1. The molecule has 0 saturated carbocycles. The molecule has 0 radical (unpaired) electrons. The fourth-order valence-electron chi connectivity index (χ4n) is 10.6. The average molecular weight is 694 g/mol. The Bertz CT molecular complexity index is 725. The Labute approximate surface area is 288 Å². The monoisotopic (exact) mass is 694 g/mol. The molecule has 3 nitrogen and oxygen atoms in total.